The summed E-state index contributed by atoms with van der Waals surface area (Å²) in [7, 11) is 0. The van der Waals surface area contributed by atoms with E-state index < -0.39 is 0 Å². The van der Waals surface area contributed by atoms with Gasteiger partial charge in [0.25, 0.3) is 0 Å². The molecule has 0 amide bonds. The van der Waals surface area contributed by atoms with Crippen molar-refractivity contribution in [3.63, 3.8) is 0 Å². The van der Waals surface area contributed by atoms with Crippen molar-refractivity contribution < 1.29 is 0 Å². The Kier molecular flexibility index (Phi) is 2.70. The smallest absolute Gasteiger partial charge is 0.0799 e. The Morgan fingerprint density at radius 3 is 2.67 bits per heavy atom. The average molecular weight is 236 g/mol. The van der Waals surface area contributed by atoms with Crippen molar-refractivity contribution in [3.8, 4) is 0 Å². The predicted octanol–water partition coefficient (Wildman–Crippen LogP) is 2.07. The van der Waals surface area contributed by atoms with E-state index in [-0.39, 0.29) is 6.04 Å². The fourth-order valence-corrected chi connectivity index (χ4v) is 2.05. The van der Waals surface area contributed by atoms with Crippen LogP contribution in [0.4, 0.5) is 0 Å². The Morgan fingerprint density at radius 2 is 1.83 bits per heavy atom. The van der Waals surface area contributed by atoms with Crippen LogP contribution in [0.25, 0.3) is 10.8 Å². The van der Waals surface area contributed by atoms with Gasteiger partial charge < -0.3 is 5.73 Å². The molecule has 0 bridgehead atoms. The molecule has 2 N–H and O–H groups in total. The van der Waals surface area contributed by atoms with Crippen LogP contribution in [0.15, 0.2) is 55.2 Å². The molecule has 0 aliphatic rings. The third-order valence-electron chi connectivity index (χ3n) is 2.95. The lowest BCUT2D eigenvalue weighted by Gasteiger charge is -2.13. The highest BCUT2D eigenvalue weighted by molar-refractivity contribution is 5.85. The average Bonchev–Trinajstić information content (AvgIpc) is 2.47. The summed E-state index contributed by atoms with van der Waals surface area (Å²) in [4.78, 5) is 12.4. The van der Waals surface area contributed by atoms with Crippen LogP contribution in [-0.4, -0.2) is 15.0 Å². The van der Waals surface area contributed by atoms with Crippen LogP contribution < -0.4 is 5.73 Å². The molecule has 0 fully saturated rings. The van der Waals surface area contributed by atoms with Gasteiger partial charge in [0.1, 0.15) is 0 Å². The third-order valence-corrected chi connectivity index (χ3v) is 2.95. The van der Waals surface area contributed by atoms with Crippen molar-refractivity contribution in [1.82, 2.24) is 15.0 Å². The van der Waals surface area contributed by atoms with Crippen LogP contribution in [0.2, 0.25) is 0 Å². The molecule has 0 aliphatic heterocycles. The van der Waals surface area contributed by atoms with Crippen molar-refractivity contribution in [1.29, 1.82) is 0 Å². The summed E-state index contributed by atoms with van der Waals surface area (Å²) >= 11 is 0. The molecular weight excluding hydrogens is 224 g/mol. The largest absolute Gasteiger partial charge is 0.319 e. The standard InChI is InChI=1S/C14H12N4/c15-14(13-9-17-6-7-18-13)12-3-1-2-10-8-16-5-4-11(10)12/h1-9,14H,15H2. The molecule has 0 spiro atoms. The summed E-state index contributed by atoms with van der Waals surface area (Å²) in [6.07, 6.45) is 8.60. The Bertz CT molecular complexity index is 661. The molecule has 2 heterocycles. The Morgan fingerprint density at radius 1 is 0.944 bits per heavy atom. The van der Waals surface area contributed by atoms with Gasteiger partial charge in [0.15, 0.2) is 0 Å². The number of hydrogen-bond donors (Lipinski definition) is 1. The number of aromatic nitrogens is 3. The molecule has 0 saturated carbocycles. The molecule has 88 valence electrons. The quantitative estimate of drug-likeness (QED) is 0.739. The lowest BCUT2D eigenvalue weighted by atomic mass is 9.99. The number of pyridine rings is 1. The minimum atomic E-state index is -0.273. The summed E-state index contributed by atoms with van der Waals surface area (Å²) in [5, 5.41) is 2.18. The molecule has 0 saturated heterocycles. The maximum absolute atomic E-state index is 6.26. The first kappa shape index (κ1) is 10.8. The van der Waals surface area contributed by atoms with Crippen molar-refractivity contribution in [2.24, 2.45) is 5.73 Å². The summed E-state index contributed by atoms with van der Waals surface area (Å²) in [5.74, 6) is 0. The second-order valence-corrected chi connectivity index (χ2v) is 4.05. The van der Waals surface area contributed by atoms with Crippen molar-refractivity contribution in [2.75, 3.05) is 0 Å². The van der Waals surface area contributed by atoms with E-state index >= 15 is 0 Å². The summed E-state index contributed by atoms with van der Waals surface area (Å²) in [6, 6.07) is 7.72. The van der Waals surface area contributed by atoms with Crippen molar-refractivity contribution in [2.45, 2.75) is 6.04 Å². The SMILES string of the molecule is NC(c1cnccn1)c1cccc2cnccc12. The minimum Gasteiger partial charge on any atom is -0.319 e. The van der Waals surface area contributed by atoms with Gasteiger partial charge in [-0.2, -0.15) is 0 Å². The number of rotatable bonds is 2. The summed E-state index contributed by atoms with van der Waals surface area (Å²) in [5.41, 5.74) is 8.06. The highest BCUT2D eigenvalue weighted by Gasteiger charge is 2.13. The molecule has 0 radical (unpaired) electrons. The highest BCUT2D eigenvalue weighted by Crippen LogP contribution is 2.25. The van der Waals surface area contributed by atoms with Gasteiger partial charge in [0.2, 0.25) is 0 Å². The second kappa shape index (κ2) is 4.50. The number of nitrogens with zero attached hydrogens (tertiary/aromatic N) is 3. The number of fused-ring (bicyclic) bond motifs is 1. The first-order valence-corrected chi connectivity index (χ1v) is 5.70. The van der Waals surface area contributed by atoms with E-state index in [0.29, 0.717) is 0 Å². The normalized spacial score (nSPS) is 12.5. The van der Waals surface area contributed by atoms with E-state index in [1.165, 1.54) is 0 Å². The van der Waals surface area contributed by atoms with Crippen molar-refractivity contribution in [3.05, 3.63) is 66.5 Å². The molecule has 1 aromatic carbocycles. The van der Waals surface area contributed by atoms with Gasteiger partial charge in [0, 0.05) is 30.2 Å². The minimum absolute atomic E-state index is 0.273. The van der Waals surface area contributed by atoms with Crippen molar-refractivity contribution >= 4 is 10.8 Å². The number of hydrogen-bond acceptors (Lipinski definition) is 4. The topological polar surface area (TPSA) is 64.7 Å². The summed E-state index contributed by atoms with van der Waals surface area (Å²) in [6.45, 7) is 0. The van der Waals surface area contributed by atoms with Gasteiger partial charge in [-0.25, -0.2) is 0 Å². The van der Waals surface area contributed by atoms with E-state index in [2.05, 4.69) is 15.0 Å². The fourth-order valence-electron chi connectivity index (χ4n) is 2.05. The molecule has 3 aromatic rings. The summed E-state index contributed by atoms with van der Waals surface area (Å²) < 4.78 is 0. The number of benzene rings is 1. The van der Waals surface area contributed by atoms with Crippen LogP contribution in [0.1, 0.15) is 17.3 Å². The first-order chi connectivity index (χ1) is 8.86. The zero-order valence-electron chi connectivity index (χ0n) is 9.69. The zero-order chi connectivity index (χ0) is 12.4. The Hall–Kier alpha value is -2.33. The predicted molar refractivity (Wildman–Crippen MR) is 69.8 cm³/mol. The van der Waals surface area contributed by atoms with E-state index in [1.54, 1.807) is 24.8 Å². The Balaban J connectivity index is 2.15. The maximum atomic E-state index is 6.26. The lowest BCUT2D eigenvalue weighted by Crippen LogP contribution is -2.14. The Labute approximate surface area is 105 Å². The third kappa shape index (κ3) is 1.83. The lowest BCUT2D eigenvalue weighted by molar-refractivity contribution is 0.825. The molecule has 3 rings (SSSR count). The van der Waals surface area contributed by atoms with Crippen LogP contribution in [-0.2, 0) is 0 Å². The van der Waals surface area contributed by atoms with Gasteiger partial charge in [-0.1, -0.05) is 18.2 Å². The monoisotopic (exact) mass is 236 g/mol. The molecule has 18 heavy (non-hydrogen) atoms. The van der Waals surface area contributed by atoms with Crippen LogP contribution in [0.5, 0.6) is 0 Å². The van der Waals surface area contributed by atoms with Crippen LogP contribution in [0, 0.1) is 0 Å². The molecule has 1 unspecified atom stereocenters. The first-order valence-electron chi connectivity index (χ1n) is 5.70. The van der Waals surface area contributed by atoms with Gasteiger partial charge in [-0.15, -0.1) is 0 Å². The van der Waals surface area contributed by atoms with Gasteiger partial charge >= 0.3 is 0 Å². The van der Waals surface area contributed by atoms with Crippen LogP contribution in [0.3, 0.4) is 0 Å². The highest BCUT2D eigenvalue weighted by atomic mass is 14.8. The molecule has 2 aromatic heterocycles. The van der Waals surface area contributed by atoms with Gasteiger partial charge in [0.05, 0.1) is 17.9 Å². The van der Waals surface area contributed by atoms with Gasteiger partial charge in [-0.3, -0.25) is 15.0 Å². The zero-order valence-corrected chi connectivity index (χ0v) is 9.69. The molecule has 4 nitrogen and oxygen atoms in total. The second-order valence-electron chi connectivity index (χ2n) is 4.05. The molecule has 1 atom stereocenters. The van der Waals surface area contributed by atoms with E-state index in [1.807, 2.05) is 30.5 Å². The molecule has 4 heteroatoms. The van der Waals surface area contributed by atoms with E-state index in [9.17, 15) is 0 Å². The molecular formula is C14H12N4. The molecule has 0 aliphatic carbocycles. The fraction of sp³-hybridized carbons (Fsp3) is 0.0714. The van der Waals surface area contributed by atoms with Crippen LogP contribution >= 0.6 is 0 Å². The van der Waals surface area contributed by atoms with E-state index in [4.69, 9.17) is 5.73 Å². The van der Waals surface area contributed by atoms with E-state index in [0.717, 1.165) is 22.0 Å². The maximum Gasteiger partial charge on any atom is 0.0799 e. The number of nitrogens with two attached hydrogens (primary N) is 1. The van der Waals surface area contributed by atoms with Gasteiger partial charge in [-0.05, 0) is 17.0 Å².